The summed E-state index contributed by atoms with van der Waals surface area (Å²) in [7, 11) is 1.81. The molecule has 2 atom stereocenters. The van der Waals surface area contributed by atoms with E-state index in [0.29, 0.717) is 12.2 Å². The molecule has 0 spiro atoms. The van der Waals surface area contributed by atoms with Gasteiger partial charge >= 0.3 is 0 Å². The Morgan fingerprint density at radius 3 is 2.35 bits per heavy atom. The molecule has 0 amide bonds. The maximum atomic E-state index is 5.83. The number of nitrogens with one attached hydrogen (secondary N) is 2. The quantitative estimate of drug-likeness (QED) is 0.307. The minimum atomic E-state index is 0. The highest BCUT2D eigenvalue weighted by molar-refractivity contribution is 14.0. The lowest BCUT2D eigenvalue weighted by molar-refractivity contribution is -0.0704. The molecule has 0 radical (unpaired) electrons. The maximum Gasteiger partial charge on any atom is 0.191 e. The third-order valence-corrected chi connectivity index (χ3v) is 6.44. The monoisotopic (exact) mass is 557 g/mol. The predicted molar refractivity (Wildman–Crippen MR) is 141 cm³/mol. The van der Waals surface area contributed by atoms with Crippen molar-refractivity contribution in [2.45, 2.75) is 59.4 Å². The van der Waals surface area contributed by atoms with Crippen LogP contribution in [0, 0.1) is 13.8 Å². The summed E-state index contributed by atoms with van der Waals surface area (Å²) in [5.41, 5.74) is 3.73. The average molecular weight is 558 g/mol. The molecule has 2 N–H and O–H groups in total. The van der Waals surface area contributed by atoms with Gasteiger partial charge in [-0.2, -0.15) is 0 Å². The molecule has 8 heteroatoms. The summed E-state index contributed by atoms with van der Waals surface area (Å²) in [5, 5.41) is 7.95. The van der Waals surface area contributed by atoms with Gasteiger partial charge in [-0.05, 0) is 38.8 Å². The fourth-order valence-corrected chi connectivity index (χ4v) is 4.71. The molecule has 2 heterocycles. The Labute approximate surface area is 207 Å². The number of aliphatic imine (C=N–C) groups is 1. The third kappa shape index (κ3) is 8.32. The Hall–Kier alpha value is -1.23. The topological polar surface area (TPSA) is 61.8 Å². The van der Waals surface area contributed by atoms with Crippen LogP contribution >= 0.6 is 35.3 Å². The van der Waals surface area contributed by atoms with E-state index in [4.69, 9.17) is 4.74 Å². The Morgan fingerprint density at radius 1 is 1.13 bits per heavy atom. The zero-order valence-electron chi connectivity index (χ0n) is 19.3. The van der Waals surface area contributed by atoms with Gasteiger partial charge in [0.15, 0.2) is 5.96 Å². The summed E-state index contributed by atoms with van der Waals surface area (Å²) in [6.07, 6.45) is 1.52. The number of benzene rings is 1. The summed E-state index contributed by atoms with van der Waals surface area (Å²) < 4.78 is 5.83. The lowest BCUT2D eigenvalue weighted by Crippen LogP contribution is -2.44. The number of guanidine groups is 1. The summed E-state index contributed by atoms with van der Waals surface area (Å²) in [5.74, 6) is 0.820. The van der Waals surface area contributed by atoms with E-state index in [2.05, 4.69) is 77.5 Å². The fraction of sp³-hybridized carbons (Fsp3) is 0.565. The molecular formula is C23H36IN5OS. The van der Waals surface area contributed by atoms with E-state index in [1.165, 1.54) is 21.0 Å². The van der Waals surface area contributed by atoms with Crippen molar-refractivity contribution in [3.8, 4) is 0 Å². The molecule has 31 heavy (non-hydrogen) atoms. The minimum Gasteiger partial charge on any atom is -0.373 e. The number of rotatable bonds is 7. The van der Waals surface area contributed by atoms with Gasteiger partial charge in [0.05, 0.1) is 22.9 Å². The van der Waals surface area contributed by atoms with E-state index in [1.807, 2.05) is 0 Å². The molecular weight excluding hydrogens is 521 g/mol. The first kappa shape index (κ1) is 26.0. The second kappa shape index (κ2) is 12.7. The zero-order chi connectivity index (χ0) is 21.5. The number of hydrogen-bond acceptors (Lipinski definition) is 5. The van der Waals surface area contributed by atoms with Crippen LogP contribution < -0.4 is 10.6 Å². The van der Waals surface area contributed by atoms with E-state index in [1.54, 1.807) is 18.4 Å². The summed E-state index contributed by atoms with van der Waals surface area (Å²) >= 11 is 1.78. The van der Waals surface area contributed by atoms with Crippen LogP contribution in [0.3, 0.4) is 0 Å². The van der Waals surface area contributed by atoms with Crippen molar-refractivity contribution in [3.63, 3.8) is 0 Å². The average Bonchev–Trinajstić information content (AvgIpc) is 3.02. The number of hydrogen-bond donors (Lipinski definition) is 2. The highest BCUT2D eigenvalue weighted by atomic mass is 127. The zero-order valence-corrected chi connectivity index (χ0v) is 22.4. The van der Waals surface area contributed by atoms with Crippen LogP contribution in [-0.2, 0) is 24.2 Å². The Balaban J connectivity index is 0.00000341. The number of morpholine rings is 1. The Morgan fingerprint density at radius 2 is 1.77 bits per heavy atom. The van der Waals surface area contributed by atoms with Crippen molar-refractivity contribution < 1.29 is 4.74 Å². The molecule has 2 unspecified atom stereocenters. The van der Waals surface area contributed by atoms with Crippen molar-refractivity contribution in [2.24, 2.45) is 4.99 Å². The van der Waals surface area contributed by atoms with Crippen molar-refractivity contribution in [3.05, 3.63) is 51.0 Å². The van der Waals surface area contributed by atoms with E-state index in [-0.39, 0.29) is 24.0 Å². The first-order valence-corrected chi connectivity index (χ1v) is 11.6. The number of thiazole rings is 1. The van der Waals surface area contributed by atoms with Crippen LogP contribution in [0.25, 0.3) is 0 Å². The molecule has 0 saturated carbocycles. The molecule has 2 aromatic rings. The molecule has 0 bridgehead atoms. The van der Waals surface area contributed by atoms with E-state index < -0.39 is 0 Å². The van der Waals surface area contributed by atoms with Gasteiger partial charge in [-0.3, -0.25) is 9.89 Å². The van der Waals surface area contributed by atoms with Crippen LogP contribution in [0.2, 0.25) is 0 Å². The van der Waals surface area contributed by atoms with Crippen LogP contribution in [0.1, 0.15) is 40.6 Å². The number of halogens is 1. The SMILES string of the molecule is CN=C(NCCc1nc(C)c(C)s1)NCc1ccc(CN2CC(C)OC(C)C2)cc1.I. The number of aryl methyl sites for hydroxylation is 2. The summed E-state index contributed by atoms with van der Waals surface area (Å²) in [4.78, 5) is 12.7. The van der Waals surface area contributed by atoms with E-state index in [9.17, 15) is 0 Å². The Kier molecular flexibility index (Phi) is 10.7. The number of ether oxygens (including phenoxy) is 1. The molecule has 1 aromatic carbocycles. The first-order chi connectivity index (χ1) is 14.4. The minimum absolute atomic E-state index is 0. The second-order valence-corrected chi connectivity index (χ2v) is 9.41. The van der Waals surface area contributed by atoms with Crippen LogP contribution in [0.15, 0.2) is 29.3 Å². The molecule has 1 aliphatic rings. The lowest BCUT2D eigenvalue weighted by Gasteiger charge is -2.35. The van der Waals surface area contributed by atoms with Crippen molar-refractivity contribution >= 4 is 41.3 Å². The maximum absolute atomic E-state index is 5.83. The first-order valence-electron chi connectivity index (χ1n) is 10.8. The van der Waals surface area contributed by atoms with Gasteiger partial charge < -0.3 is 15.4 Å². The molecule has 1 fully saturated rings. The van der Waals surface area contributed by atoms with Gasteiger partial charge in [0, 0.05) is 51.1 Å². The highest BCUT2D eigenvalue weighted by Crippen LogP contribution is 2.16. The largest absolute Gasteiger partial charge is 0.373 e. The third-order valence-electron chi connectivity index (χ3n) is 5.31. The van der Waals surface area contributed by atoms with Crippen molar-refractivity contribution in [1.29, 1.82) is 0 Å². The van der Waals surface area contributed by atoms with E-state index in [0.717, 1.165) is 50.8 Å². The normalized spacial score (nSPS) is 19.7. The standard InChI is InChI=1S/C23H35N5OS.HI/c1-16-13-28(14-17(2)29-16)15-21-8-6-20(7-9-21)12-26-23(24-5)25-11-10-22-27-18(3)19(4)30-22;/h6-9,16-17H,10-15H2,1-5H3,(H2,24,25,26);1H. The highest BCUT2D eigenvalue weighted by Gasteiger charge is 2.21. The summed E-state index contributed by atoms with van der Waals surface area (Å²) in [6, 6.07) is 8.85. The van der Waals surface area contributed by atoms with Gasteiger partial charge in [-0.1, -0.05) is 24.3 Å². The molecule has 0 aliphatic carbocycles. The van der Waals surface area contributed by atoms with Crippen LogP contribution in [0.5, 0.6) is 0 Å². The number of nitrogens with zero attached hydrogens (tertiary/aromatic N) is 3. The van der Waals surface area contributed by atoms with Gasteiger partial charge in [0.25, 0.3) is 0 Å². The summed E-state index contributed by atoms with van der Waals surface area (Å²) in [6.45, 7) is 13.0. The molecule has 1 aromatic heterocycles. The molecule has 172 valence electrons. The Bertz CT molecular complexity index is 809. The molecule has 1 aliphatic heterocycles. The van der Waals surface area contributed by atoms with Crippen molar-refractivity contribution in [2.75, 3.05) is 26.7 Å². The molecule has 6 nitrogen and oxygen atoms in total. The van der Waals surface area contributed by atoms with Gasteiger partial charge in [0.1, 0.15) is 0 Å². The predicted octanol–water partition coefficient (Wildman–Crippen LogP) is 3.89. The smallest absolute Gasteiger partial charge is 0.191 e. The van der Waals surface area contributed by atoms with Crippen molar-refractivity contribution in [1.82, 2.24) is 20.5 Å². The number of aromatic nitrogens is 1. The van der Waals surface area contributed by atoms with E-state index >= 15 is 0 Å². The lowest BCUT2D eigenvalue weighted by atomic mass is 10.1. The van der Waals surface area contributed by atoms with Gasteiger partial charge in [-0.15, -0.1) is 35.3 Å². The van der Waals surface area contributed by atoms with Gasteiger partial charge in [-0.25, -0.2) is 4.98 Å². The fourth-order valence-electron chi connectivity index (χ4n) is 3.77. The molecule has 3 rings (SSSR count). The van der Waals surface area contributed by atoms with Gasteiger partial charge in [0.2, 0.25) is 0 Å². The second-order valence-electron chi connectivity index (χ2n) is 8.12. The van der Waals surface area contributed by atoms with Crippen LogP contribution in [-0.4, -0.2) is 54.7 Å². The van der Waals surface area contributed by atoms with Crippen LogP contribution in [0.4, 0.5) is 0 Å². The molecule has 1 saturated heterocycles.